The lowest BCUT2D eigenvalue weighted by molar-refractivity contribution is 0.0586. The number of hydrogen-bond acceptors (Lipinski definition) is 7. The number of rotatable bonds is 8. The molecule has 0 amide bonds. The fourth-order valence-corrected chi connectivity index (χ4v) is 10.3. The van der Waals surface area contributed by atoms with Gasteiger partial charge in [-0.3, -0.25) is 4.57 Å². The first kappa shape index (κ1) is 28.7. The monoisotopic (exact) mass is 529 g/mol. The number of nitrogen functional groups attached to an aromatic ring is 1. The fraction of sp³-hybridized carbons (Fsp3) is 0.760. The Kier molecular flexibility index (Phi) is 8.29. The highest BCUT2D eigenvalue weighted by Gasteiger charge is 2.56. The van der Waals surface area contributed by atoms with Gasteiger partial charge in [-0.1, -0.05) is 59.6 Å². The third-order valence-electron chi connectivity index (χ3n) is 8.90. The minimum absolute atomic E-state index is 0.00608. The first-order valence-corrected chi connectivity index (χ1v) is 16.6. The Morgan fingerprint density at radius 3 is 2.29 bits per heavy atom. The summed E-state index contributed by atoms with van der Waals surface area (Å²) in [6, 6.07) is -0.103. The Balaban J connectivity index is 1.75. The van der Waals surface area contributed by atoms with E-state index in [1.807, 2.05) is 13.8 Å². The van der Waals surface area contributed by atoms with Crippen molar-refractivity contribution in [2.45, 2.75) is 92.2 Å². The Morgan fingerprint density at radius 1 is 1.09 bits per heavy atom. The van der Waals surface area contributed by atoms with Crippen LogP contribution in [0.1, 0.15) is 83.5 Å². The van der Waals surface area contributed by atoms with E-state index in [0.717, 1.165) is 36.9 Å². The topological polar surface area (TPSA) is 120 Å². The molecule has 0 bridgehead atoms. The van der Waals surface area contributed by atoms with Gasteiger partial charge in [0.25, 0.3) is 0 Å². The molecule has 1 heterocycles. The largest absolute Gasteiger partial charge is 0.383 e. The molecule has 2 aliphatic carbocycles. The summed E-state index contributed by atoms with van der Waals surface area (Å²) in [5.41, 5.74) is 6.76. The van der Waals surface area contributed by atoms with Crippen LogP contribution in [0.4, 0.5) is 5.82 Å². The quantitative estimate of drug-likeness (QED) is 0.409. The predicted molar refractivity (Wildman–Crippen MR) is 148 cm³/mol. The number of nitrogens with zero attached hydrogens (tertiary/aromatic N) is 2. The van der Waals surface area contributed by atoms with E-state index in [9.17, 15) is 14.6 Å². The molecule has 200 valence electrons. The number of anilines is 1. The summed E-state index contributed by atoms with van der Waals surface area (Å²) in [6.45, 7) is 12.8. The summed E-state index contributed by atoms with van der Waals surface area (Å²) in [5.74, 6) is 0.274. The van der Waals surface area contributed by atoms with E-state index in [2.05, 4.69) is 45.3 Å². The zero-order chi connectivity index (χ0) is 26.4. The Hall–Kier alpha value is -0.880. The van der Waals surface area contributed by atoms with Gasteiger partial charge in [-0.2, -0.15) is 4.98 Å². The molecule has 4 atom stereocenters. The Morgan fingerprint density at radius 2 is 1.69 bits per heavy atom. The van der Waals surface area contributed by atoms with E-state index in [1.165, 1.54) is 6.42 Å². The molecule has 2 aliphatic rings. The Bertz CT molecular complexity index is 1090. The zero-order valence-corrected chi connectivity index (χ0v) is 24.1. The standard InChI is InChI=1S/C25H45N3O5P2/c1-17-18(2)28(23(29)27-22(17)26)21-14-19(24(3,4)25(21,5)6)15-32-34(7,30)16-35(8,31)33-20-12-10-9-11-13-20/h19-21,30-31H,7-16H2,1-6H3,(H2,26,27,29). The second kappa shape index (κ2) is 10.1. The lowest BCUT2D eigenvalue weighted by Gasteiger charge is -2.42. The molecule has 0 saturated heterocycles. The average Bonchev–Trinajstić information content (AvgIpc) is 2.89. The van der Waals surface area contributed by atoms with E-state index in [-0.39, 0.29) is 52.9 Å². The summed E-state index contributed by atoms with van der Waals surface area (Å²) in [7, 11) is -6.18. The molecular weight excluding hydrogens is 484 g/mol. The van der Waals surface area contributed by atoms with Crippen molar-refractivity contribution in [3.63, 3.8) is 0 Å². The van der Waals surface area contributed by atoms with Crippen LogP contribution in [0, 0.1) is 30.6 Å². The maximum absolute atomic E-state index is 12.9. The van der Waals surface area contributed by atoms with Gasteiger partial charge in [0.05, 0.1) is 18.6 Å². The molecule has 3 rings (SSSR count). The van der Waals surface area contributed by atoms with Crippen molar-refractivity contribution in [3.8, 4) is 0 Å². The molecule has 4 unspecified atom stereocenters. The van der Waals surface area contributed by atoms with E-state index in [4.69, 9.17) is 14.8 Å². The lowest BCUT2D eigenvalue weighted by atomic mass is 9.66. The van der Waals surface area contributed by atoms with Crippen LogP contribution in [0.15, 0.2) is 4.79 Å². The smallest absolute Gasteiger partial charge is 0.349 e. The number of nitrogens with two attached hydrogens (primary N) is 1. The van der Waals surface area contributed by atoms with Gasteiger partial charge in [0.15, 0.2) is 0 Å². The highest BCUT2D eigenvalue weighted by Crippen LogP contribution is 2.63. The maximum atomic E-state index is 12.9. The molecule has 2 fully saturated rings. The van der Waals surface area contributed by atoms with Gasteiger partial charge >= 0.3 is 5.69 Å². The SMILES string of the molecule is C=P(O)(CP(=C)(O)OC1CCCCC1)OCC1CC(n2c(C)c(C)c(N)nc2=O)C(C)(C)C1(C)C. The summed E-state index contributed by atoms with van der Waals surface area (Å²) >= 11 is 0. The normalized spacial score (nSPS) is 27.9. The highest BCUT2D eigenvalue weighted by molar-refractivity contribution is 7.80. The predicted octanol–water partition coefficient (Wildman–Crippen LogP) is 4.92. The van der Waals surface area contributed by atoms with Gasteiger partial charge < -0.3 is 24.6 Å². The molecule has 10 heteroatoms. The van der Waals surface area contributed by atoms with Crippen LogP contribution in [0.5, 0.6) is 0 Å². The Labute approximate surface area is 210 Å². The molecule has 1 aromatic heterocycles. The molecule has 0 aromatic carbocycles. The van der Waals surface area contributed by atoms with Gasteiger partial charge in [-0.05, 0) is 49.9 Å². The second-order valence-corrected chi connectivity index (χ2v) is 16.7. The molecule has 2 saturated carbocycles. The average molecular weight is 530 g/mol. The van der Waals surface area contributed by atoms with Crippen molar-refractivity contribution >= 4 is 33.1 Å². The molecule has 4 N–H and O–H groups in total. The zero-order valence-electron chi connectivity index (χ0n) is 22.3. The summed E-state index contributed by atoms with van der Waals surface area (Å²) in [5, 5.41) is 0. The van der Waals surface area contributed by atoms with Gasteiger partial charge in [-0.15, -0.1) is 0 Å². The molecule has 0 spiro atoms. The second-order valence-electron chi connectivity index (χ2n) is 11.7. The molecule has 1 aromatic rings. The van der Waals surface area contributed by atoms with Gasteiger partial charge in [0.2, 0.25) is 0 Å². The first-order valence-electron chi connectivity index (χ1n) is 12.6. The third kappa shape index (κ3) is 6.00. The van der Waals surface area contributed by atoms with Crippen LogP contribution >= 0.6 is 14.7 Å². The number of aromatic nitrogens is 2. The van der Waals surface area contributed by atoms with Crippen molar-refractivity contribution < 1.29 is 18.8 Å². The summed E-state index contributed by atoms with van der Waals surface area (Å²) in [4.78, 5) is 38.8. The van der Waals surface area contributed by atoms with Crippen molar-refractivity contribution in [1.29, 1.82) is 0 Å². The minimum Gasteiger partial charge on any atom is -0.383 e. The lowest BCUT2D eigenvalue weighted by Crippen LogP contribution is -2.40. The van der Waals surface area contributed by atoms with Crippen LogP contribution in [0.3, 0.4) is 0 Å². The summed E-state index contributed by atoms with van der Waals surface area (Å²) < 4.78 is 13.7. The highest BCUT2D eigenvalue weighted by atomic mass is 31.2. The van der Waals surface area contributed by atoms with Crippen LogP contribution in [0.25, 0.3) is 0 Å². The van der Waals surface area contributed by atoms with Gasteiger partial charge in [-0.25, -0.2) is 4.79 Å². The molecule has 8 nitrogen and oxygen atoms in total. The van der Waals surface area contributed by atoms with E-state index >= 15 is 0 Å². The van der Waals surface area contributed by atoms with Crippen LogP contribution in [0.2, 0.25) is 0 Å². The van der Waals surface area contributed by atoms with Crippen molar-refractivity contribution in [2.24, 2.45) is 16.7 Å². The molecular formula is C25H45N3O5P2. The van der Waals surface area contributed by atoms with Crippen molar-refractivity contribution in [2.75, 3.05) is 18.2 Å². The van der Waals surface area contributed by atoms with Gasteiger partial charge in [0, 0.05) is 17.3 Å². The molecule has 0 radical (unpaired) electrons. The van der Waals surface area contributed by atoms with Crippen molar-refractivity contribution in [3.05, 3.63) is 21.7 Å². The van der Waals surface area contributed by atoms with E-state index in [0.29, 0.717) is 6.42 Å². The van der Waals surface area contributed by atoms with Crippen LogP contribution in [-0.4, -0.2) is 50.6 Å². The molecule has 0 aliphatic heterocycles. The first-order chi connectivity index (χ1) is 16.0. The van der Waals surface area contributed by atoms with Gasteiger partial charge in [0.1, 0.15) is 20.5 Å². The van der Waals surface area contributed by atoms with E-state index in [1.54, 1.807) is 4.57 Å². The summed E-state index contributed by atoms with van der Waals surface area (Å²) in [6.07, 6.45) is 13.7. The molecule has 35 heavy (non-hydrogen) atoms. The van der Waals surface area contributed by atoms with Crippen LogP contribution in [-0.2, 0) is 9.05 Å². The van der Waals surface area contributed by atoms with E-state index < -0.39 is 14.7 Å². The third-order valence-corrected chi connectivity index (χ3v) is 13.8. The minimum atomic E-state index is -3.14. The fourth-order valence-electron chi connectivity index (χ4n) is 5.73. The van der Waals surface area contributed by atoms with Crippen molar-refractivity contribution in [1.82, 2.24) is 9.55 Å². The maximum Gasteiger partial charge on any atom is 0.349 e. The number of hydrogen-bond donors (Lipinski definition) is 3. The van der Waals surface area contributed by atoms with Crippen LogP contribution < -0.4 is 11.4 Å².